The summed E-state index contributed by atoms with van der Waals surface area (Å²) in [5.74, 6) is 0. The van der Waals surface area contributed by atoms with E-state index in [2.05, 4.69) is 37.2 Å². The van der Waals surface area contributed by atoms with Crippen molar-refractivity contribution in [3.05, 3.63) is 62.5 Å². The van der Waals surface area contributed by atoms with Crippen molar-refractivity contribution in [1.29, 1.82) is 0 Å². The summed E-state index contributed by atoms with van der Waals surface area (Å²) in [6, 6.07) is 12.6. The molecule has 0 aromatic heterocycles. The molecular weight excluding hydrogens is 420 g/mol. The SMILES string of the molecule is NS(=O)(=O)c1ccc(CNCc2ccc(Br)c(Br)c2)cc1. The van der Waals surface area contributed by atoms with Gasteiger partial charge in [-0.15, -0.1) is 0 Å². The second-order valence-corrected chi connectivity index (χ2v) is 7.81. The third kappa shape index (κ3) is 4.89. The Bertz CT molecular complexity index is 731. The lowest BCUT2D eigenvalue weighted by Crippen LogP contribution is -2.14. The van der Waals surface area contributed by atoms with Crippen LogP contribution in [0.15, 0.2) is 56.3 Å². The number of rotatable bonds is 5. The van der Waals surface area contributed by atoms with Crippen LogP contribution < -0.4 is 10.5 Å². The van der Waals surface area contributed by atoms with Crippen molar-refractivity contribution < 1.29 is 8.42 Å². The summed E-state index contributed by atoms with van der Waals surface area (Å²) in [6.07, 6.45) is 0. The number of hydrogen-bond acceptors (Lipinski definition) is 3. The molecule has 0 radical (unpaired) electrons. The smallest absolute Gasteiger partial charge is 0.238 e. The van der Waals surface area contributed by atoms with Gasteiger partial charge in [0.05, 0.1) is 4.90 Å². The molecule has 0 amide bonds. The molecule has 0 saturated carbocycles. The first kappa shape index (κ1) is 16.6. The van der Waals surface area contributed by atoms with E-state index < -0.39 is 10.0 Å². The van der Waals surface area contributed by atoms with E-state index in [4.69, 9.17) is 5.14 Å². The Morgan fingerprint density at radius 2 is 1.48 bits per heavy atom. The van der Waals surface area contributed by atoms with Crippen LogP contribution in [-0.2, 0) is 23.1 Å². The van der Waals surface area contributed by atoms with Gasteiger partial charge in [0.1, 0.15) is 0 Å². The van der Waals surface area contributed by atoms with Gasteiger partial charge in [0.25, 0.3) is 0 Å². The van der Waals surface area contributed by atoms with Gasteiger partial charge in [-0.25, -0.2) is 13.6 Å². The molecule has 0 aliphatic rings. The van der Waals surface area contributed by atoms with Crippen LogP contribution in [0.1, 0.15) is 11.1 Å². The molecule has 112 valence electrons. The lowest BCUT2D eigenvalue weighted by Gasteiger charge is -2.07. The predicted molar refractivity (Wildman–Crippen MR) is 90.2 cm³/mol. The van der Waals surface area contributed by atoms with Crippen LogP contribution in [-0.4, -0.2) is 8.42 Å². The van der Waals surface area contributed by atoms with Gasteiger partial charge in [-0.2, -0.15) is 0 Å². The standard InChI is InChI=1S/C14H14Br2N2O2S/c15-13-6-3-11(7-14(13)16)9-18-8-10-1-4-12(5-2-10)21(17,19)20/h1-7,18H,8-9H2,(H2,17,19,20). The number of sulfonamides is 1. The lowest BCUT2D eigenvalue weighted by molar-refractivity contribution is 0.597. The molecule has 0 fully saturated rings. The fraction of sp³-hybridized carbons (Fsp3) is 0.143. The summed E-state index contributed by atoms with van der Waals surface area (Å²) in [4.78, 5) is 0.128. The van der Waals surface area contributed by atoms with Gasteiger partial charge in [0.2, 0.25) is 10.0 Å². The molecule has 4 nitrogen and oxygen atoms in total. The maximum absolute atomic E-state index is 11.2. The quantitative estimate of drug-likeness (QED) is 0.760. The monoisotopic (exact) mass is 432 g/mol. The Balaban J connectivity index is 1.93. The molecule has 0 heterocycles. The van der Waals surface area contributed by atoms with E-state index in [1.807, 2.05) is 18.2 Å². The fourth-order valence-electron chi connectivity index (χ4n) is 1.80. The molecule has 21 heavy (non-hydrogen) atoms. The first-order valence-corrected chi connectivity index (χ1v) is 9.26. The summed E-state index contributed by atoms with van der Waals surface area (Å²) >= 11 is 6.90. The number of halogens is 2. The predicted octanol–water partition coefficient (Wildman–Crippen LogP) is 3.15. The molecule has 0 spiro atoms. The van der Waals surface area contributed by atoms with Gasteiger partial charge in [-0.05, 0) is 67.3 Å². The highest BCUT2D eigenvalue weighted by atomic mass is 79.9. The maximum Gasteiger partial charge on any atom is 0.238 e. The highest BCUT2D eigenvalue weighted by Gasteiger charge is 2.06. The number of nitrogens with one attached hydrogen (secondary N) is 1. The van der Waals surface area contributed by atoms with Crippen molar-refractivity contribution in [1.82, 2.24) is 5.32 Å². The Kier molecular flexibility index (Phi) is 5.56. The van der Waals surface area contributed by atoms with Crippen LogP contribution in [0.5, 0.6) is 0 Å². The minimum atomic E-state index is -3.62. The van der Waals surface area contributed by atoms with Gasteiger partial charge in [-0.3, -0.25) is 0 Å². The van der Waals surface area contributed by atoms with Crippen molar-refractivity contribution >= 4 is 41.9 Å². The van der Waals surface area contributed by atoms with E-state index in [0.717, 1.165) is 26.6 Å². The van der Waals surface area contributed by atoms with Crippen LogP contribution in [0.25, 0.3) is 0 Å². The molecule has 0 bridgehead atoms. The molecule has 3 N–H and O–H groups in total. The highest BCUT2D eigenvalue weighted by molar-refractivity contribution is 9.13. The van der Waals surface area contributed by atoms with Crippen LogP contribution in [0, 0.1) is 0 Å². The Morgan fingerprint density at radius 3 is 2.05 bits per heavy atom. The minimum absolute atomic E-state index is 0.128. The highest BCUT2D eigenvalue weighted by Crippen LogP contribution is 2.23. The van der Waals surface area contributed by atoms with Crippen molar-refractivity contribution in [2.24, 2.45) is 5.14 Å². The van der Waals surface area contributed by atoms with Crippen LogP contribution in [0.3, 0.4) is 0 Å². The molecule has 0 atom stereocenters. The topological polar surface area (TPSA) is 72.2 Å². The third-order valence-corrected chi connectivity index (χ3v) is 5.70. The molecular formula is C14H14Br2N2O2S. The molecule has 0 saturated heterocycles. The van der Waals surface area contributed by atoms with E-state index >= 15 is 0 Å². The van der Waals surface area contributed by atoms with Crippen molar-refractivity contribution in [2.45, 2.75) is 18.0 Å². The summed E-state index contributed by atoms with van der Waals surface area (Å²) in [5, 5.41) is 8.36. The van der Waals surface area contributed by atoms with Crippen LogP contribution in [0.2, 0.25) is 0 Å². The normalized spacial score (nSPS) is 11.6. The zero-order chi connectivity index (χ0) is 15.5. The Hall–Kier alpha value is -0.730. The van der Waals surface area contributed by atoms with E-state index in [-0.39, 0.29) is 4.90 Å². The Labute approximate surface area is 141 Å². The molecule has 2 rings (SSSR count). The summed E-state index contributed by atoms with van der Waals surface area (Å²) in [5.41, 5.74) is 2.16. The van der Waals surface area contributed by atoms with Gasteiger partial charge >= 0.3 is 0 Å². The maximum atomic E-state index is 11.2. The number of benzene rings is 2. The molecule has 0 aliphatic heterocycles. The summed E-state index contributed by atoms with van der Waals surface area (Å²) < 4.78 is 24.3. The molecule has 0 aliphatic carbocycles. The van der Waals surface area contributed by atoms with Crippen molar-refractivity contribution in [3.8, 4) is 0 Å². The van der Waals surface area contributed by atoms with E-state index in [1.54, 1.807) is 12.1 Å². The second-order valence-electron chi connectivity index (χ2n) is 4.54. The fourth-order valence-corrected chi connectivity index (χ4v) is 2.99. The van der Waals surface area contributed by atoms with Gasteiger partial charge in [-0.1, -0.05) is 18.2 Å². The third-order valence-electron chi connectivity index (χ3n) is 2.89. The zero-order valence-corrected chi connectivity index (χ0v) is 15.0. The minimum Gasteiger partial charge on any atom is -0.309 e. The first-order chi connectivity index (χ1) is 9.86. The molecule has 0 unspecified atom stereocenters. The van der Waals surface area contributed by atoms with Crippen LogP contribution >= 0.6 is 31.9 Å². The zero-order valence-electron chi connectivity index (χ0n) is 11.0. The van der Waals surface area contributed by atoms with Gasteiger partial charge in [0.15, 0.2) is 0 Å². The van der Waals surface area contributed by atoms with E-state index in [9.17, 15) is 8.42 Å². The summed E-state index contributed by atoms with van der Waals surface area (Å²) in [6.45, 7) is 1.38. The Morgan fingerprint density at radius 1 is 0.905 bits per heavy atom. The second kappa shape index (κ2) is 7.02. The largest absolute Gasteiger partial charge is 0.309 e. The van der Waals surface area contributed by atoms with Crippen molar-refractivity contribution in [2.75, 3.05) is 0 Å². The van der Waals surface area contributed by atoms with Gasteiger partial charge < -0.3 is 5.32 Å². The number of primary sulfonamides is 1. The van der Waals surface area contributed by atoms with Gasteiger partial charge in [0, 0.05) is 22.0 Å². The first-order valence-electron chi connectivity index (χ1n) is 6.12. The van der Waals surface area contributed by atoms with Crippen molar-refractivity contribution in [3.63, 3.8) is 0 Å². The molecule has 2 aromatic rings. The molecule has 2 aromatic carbocycles. The average Bonchev–Trinajstić information content (AvgIpc) is 2.42. The summed E-state index contributed by atoms with van der Waals surface area (Å²) in [7, 11) is -3.62. The average molecular weight is 434 g/mol. The number of nitrogens with two attached hydrogens (primary N) is 1. The van der Waals surface area contributed by atoms with Crippen LogP contribution in [0.4, 0.5) is 0 Å². The van der Waals surface area contributed by atoms with E-state index in [0.29, 0.717) is 6.54 Å². The molecule has 7 heteroatoms. The lowest BCUT2D eigenvalue weighted by atomic mass is 10.2. The van der Waals surface area contributed by atoms with E-state index in [1.165, 1.54) is 12.1 Å². The number of hydrogen-bond donors (Lipinski definition) is 2.